The Bertz CT molecular complexity index is 812. The lowest BCUT2D eigenvalue weighted by Gasteiger charge is -2.23. The van der Waals surface area contributed by atoms with Gasteiger partial charge in [-0.2, -0.15) is 10.5 Å². The van der Waals surface area contributed by atoms with Gasteiger partial charge in [0.15, 0.2) is 5.41 Å². The predicted molar refractivity (Wildman–Crippen MR) is 84.2 cm³/mol. The Morgan fingerprint density at radius 1 is 1.05 bits per heavy atom. The molecule has 1 atom stereocenters. The van der Waals surface area contributed by atoms with Gasteiger partial charge in [-0.3, -0.25) is 0 Å². The van der Waals surface area contributed by atoms with Gasteiger partial charge in [0, 0.05) is 22.9 Å². The van der Waals surface area contributed by atoms with Crippen molar-refractivity contribution in [3.63, 3.8) is 0 Å². The lowest BCUT2D eigenvalue weighted by molar-refractivity contribution is 0.575. The fourth-order valence-corrected chi connectivity index (χ4v) is 3.10. The fourth-order valence-electron chi connectivity index (χ4n) is 3.10. The van der Waals surface area contributed by atoms with Gasteiger partial charge in [-0.15, -0.1) is 0 Å². The van der Waals surface area contributed by atoms with Crippen LogP contribution >= 0.6 is 0 Å². The minimum absolute atomic E-state index is 0.465. The molecule has 0 saturated carbocycles. The fraction of sp³-hybridized carbons (Fsp3) is 0.111. The van der Waals surface area contributed by atoms with E-state index >= 15 is 0 Å². The summed E-state index contributed by atoms with van der Waals surface area (Å²) in [5, 5.41) is 19.6. The van der Waals surface area contributed by atoms with E-state index < -0.39 is 11.3 Å². The molecule has 0 fully saturated rings. The van der Waals surface area contributed by atoms with Gasteiger partial charge in [0.2, 0.25) is 0 Å². The van der Waals surface area contributed by atoms with E-state index in [9.17, 15) is 10.5 Å². The minimum atomic E-state index is -1.37. The molecule has 0 aliphatic heterocycles. The second-order valence-electron chi connectivity index (χ2n) is 5.31. The molecule has 0 aromatic heterocycles. The van der Waals surface area contributed by atoms with Crippen LogP contribution in [0.1, 0.15) is 5.56 Å². The smallest absolute Gasteiger partial charge is 0.181 e. The molecular weight excluding hydrogens is 272 g/mol. The maximum atomic E-state index is 9.80. The highest BCUT2D eigenvalue weighted by Crippen LogP contribution is 2.54. The summed E-state index contributed by atoms with van der Waals surface area (Å²) < 4.78 is 0. The summed E-state index contributed by atoms with van der Waals surface area (Å²) in [7, 11) is 0. The molecule has 0 radical (unpaired) electrons. The van der Waals surface area contributed by atoms with Crippen molar-refractivity contribution in [2.24, 2.45) is 22.8 Å². The first-order valence-corrected chi connectivity index (χ1v) is 6.88. The number of hydrogen-bond acceptors (Lipinski definition) is 4. The Labute approximate surface area is 129 Å². The largest absolute Gasteiger partial charge is 0.399 e. The molecule has 2 aliphatic carbocycles. The Balaban J connectivity index is 2.33. The highest BCUT2D eigenvalue weighted by atomic mass is 14.7. The highest BCUT2D eigenvalue weighted by molar-refractivity contribution is 5.86. The predicted octanol–water partition coefficient (Wildman–Crippen LogP) is 2.36. The van der Waals surface area contributed by atoms with Crippen molar-refractivity contribution in [2.45, 2.75) is 0 Å². The first-order valence-electron chi connectivity index (χ1n) is 6.88. The summed E-state index contributed by atoms with van der Waals surface area (Å²) >= 11 is 0. The van der Waals surface area contributed by atoms with E-state index in [1.165, 1.54) is 0 Å². The van der Waals surface area contributed by atoms with Gasteiger partial charge in [0.05, 0.1) is 12.1 Å². The van der Waals surface area contributed by atoms with E-state index in [-0.39, 0.29) is 0 Å². The van der Waals surface area contributed by atoms with Gasteiger partial charge in [0.25, 0.3) is 0 Å². The number of nitrogens with zero attached hydrogens (tertiary/aromatic N) is 2. The van der Waals surface area contributed by atoms with Crippen LogP contribution in [0.2, 0.25) is 0 Å². The Morgan fingerprint density at radius 3 is 2.36 bits per heavy atom. The first-order chi connectivity index (χ1) is 10.6. The molecule has 4 nitrogen and oxygen atoms in total. The Hall–Kier alpha value is -3.24. The van der Waals surface area contributed by atoms with Gasteiger partial charge in [0.1, 0.15) is 0 Å². The highest BCUT2D eigenvalue weighted by Gasteiger charge is 2.51. The molecule has 106 valence electrons. The van der Waals surface area contributed by atoms with Crippen LogP contribution in [0.25, 0.3) is 5.57 Å². The molecule has 2 aliphatic rings. The van der Waals surface area contributed by atoms with Crippen molar-refractivity contribution in [1.82, 2.24) is 0 Å². The standard InChI is InChI=1S/C18H14N4/c19-10-18(11-20)15-9-13(21)7-4-8-14(15)17(22)16(18)12-5-2-1-3-6-12/h1-9,15H,21-22H2/t15-/m0/s1. The number of hydrogen-bond donors (Lipinski definition) is 2. The molecule has 0 spiro atoms. The molecule has 4 N–H and O–H groups in total. The lowest BCUT2D eigenvalue weighted by Crippen LogP contribution is -2.25. The molecule has 0 amide bonds. The summed E-state index contributed by atoms with van der Waals surface area (Å²) in [6, 6.07) is 13.7. The van der Waals surface area contributed by atoms with Crippen LogP contribution in [0.3, 0.4) is 0 Å². The zero-order valence-corrected chi connectivity index (χ0v) is 11.8. The van der Waals surface area contributed by atoms with E-state index in [1.54, 1.807) is 18.2 Å². The van der Waals surface area contributed by atoms with E-state index in [4.69, 9.17) is 11.5 Å². The number of nitriles is 2. The summed E-state index contributed by atoms with van der Waals surface area (Å²) in [6.07, 6.45) is 7.10. The van der Waals surface area contributed by atoms with Crippen LogP contribution < -0.4 is 11.5 Å². The van der Waals surface area contributed by atoms with E-state index in [2.05, 4.69) is 12.1 Å². The summed E-state index contributed by atoms with van der Waals surface area (Å²) in [5.41, 5.74) is 14.0. The molecule has 0 saturated heterocycles. The maximum absolute atomic E-state index is 9.80. The van der Waals surface area contributed by atoms with Crippen LogP contribution in [0, 0.1) is 34.0 Å². The molecule has 0 unspecified atom stereocenters. The molecule has 1 aromatic carbocycles. The summed E-state index contributed by atoms with van der Waals surface area (Å²) in [6.45, 7) is 0. The molecule has 3 rings (SSSR count). The average Bonchev–Trinajstić information content (AvgIpc) is 2.67. The molecular formula is C18H14N4. The van der Waals surface area contributed by atoms with Crippen molar-refractivity contribution in [2.75, 3.05) is 0 Å². The van der Waals surface area contributed by atoms with Gasteiger partial charge >= 0.3 is 0 Å². The van der Waals surface area contributed by atoms with Crippen LogP contribution in [0.5, 0.6) is 0 Å². The molecule has 0 heterocycles. The third-order valence-electron chi connectivity index (χ3n) is 4.11. The van der Waals surface area contributed by atoms with E-state index in [1.807, 2.05) is 36.4 Å². The summed E-state index contributed by atoms with van der Waals surface area (Å²) in [4.78, 5) is 0. The monoisotopic (exact) mass is 286 g/mol. The number of rotatable bonds is 1. The maximum Gasteiger partial charge on any atom is 0.181 e. The average molecular weight is 286 g/mol. The quantitative estimate of drug-likeness (QED) is 0.827. The Morgan fingerprint density at radius 2 is 1.73 bits per heavy atom. The minimum Gasteiger partial charge on any atom is -0.399 e. The van der Waals surface area contributed by atoms with Crippen molar-refractivity contribution in [1.29, 1.82) is 10.5 Å². The third-order valence-corrected chi connectivity index (χ3v) is 4.11. The van der Waals surface area contributed by atoms with Crippen LogP contribution in [0.4, 0.5) is 0 Å². The number of benzene rings is 1. The zero-order chi connectivity index (χ0) is 15.7. The molecule has 0 bridgehead atoms. The van der Waals surface area contributed by atoms with Gasteiger partial charge in [-0.05, 0) is 17.2 Å². The normalized spacial score (nSPS) is 22.0. The second-order valence-corrected chi connectivity index (χ2v) is 5.31. The number of fused-ring (bicyclic) bond motifs is 1. The van der Waals surface area contributed by atoms with Crippen molar-refractivity contribution in [3.8, 4) is 12.1 Å². The topological polar surface area (TPSA) is 99.6 Å². The third kappa shape index (κ3) is 1.75. The molecule has 1 aromatic rings. The van der Waals surface area contributed by atoms with Crippen LogP contribution in [-0.4, -0.2) is 0 Å². The van der Waals surface area contributed by atoms with Crippen molar-refractivity contribution in [3.05, 3.63) is 77.2 Å². The number of allylic oxidation sites excluding steroid dienone is 6. The molecule has 22 heavy (non-hydrogen) atoms. The first kappa shape index (κ1) is 13.7. The zero-order valence-electron chi connectivity index (χ0n) is 11.8. The summed E-state index contributed by atoms with van der Waals surface area (Å²) in [5.74, 6) is -0.465. The van der Waals surface area contributed by atoms with Gasteiger partial charge < -0.3 is 11.5 Å². The van der Waals surface area contributed by atoms with Gasteiger partial charge in [-0.25, -0.2) is 0 Å². The lowest BCUT2D eigenvalue weighted by atomic mass is 9.73. The van der Waals surface area contributed by atoms with Gasteiger partial charge in [-0.1, -0.05) is 48.6 Å². The Kier molecular flexibility index (Phi) is 3.09. The van der Waals surface area contributed by atoms with Crippen LogP contribution in [-0.2, 0) is 0 Å². The van der Waals surface area contributed by atoms with E-state index in [0.29, 0.717) is 17.0 Å². The number of nitrogens with two attached hydrogens (primary N) is 2. The van der Waals surface area contributed by atoms with Crippen LogP contribution in [0.15, 0.2) is 71.6 Å². The molecule has 4 heteroatoms. The van der Waals surface area contributed by atoms with Crippen molar-refractivity contribution >= 4 is 5.57 Å². The van der Waals surface area contributed by atoms with E-state index in [0.717, 1.165) is 11.1 Å². The van der Waals surface area contributed by atoms with Crippen molar-refractivity contribution < 1.29 is 0 Å². The SMILES string of the molecule is N#CC1(C#N)C(c2ccccc2)=C(N)C2=CC=CC(N)=C[C@@H]21. The second kappa shape index (κ2) is 4.95.